The van der Waals surface area contributed by atoms with Crippen LogP contribution in [0.15, 0.2) is 18.2 Å². The van der Waals surface area contributed by atoms with E-state index in [1.54, 1.807) is 39.0 Å². The molecular formula is C12H18ClN3O2. The van der Waals surface area contributed by atoms with Crippen LogP contribution in [0.2, 0.25) is 0 Å². The summed E-state index contributed by atoms with van der Waals surface area (Å²) in [7, 11) is 0. The second kappa shape index (κ2) is 5.84. The Labute approximate surface area is 112 Å². The third-order valence-electron chi connectivity index (χ3n) is 2.35. The first kappa shape index (κ1) is 16.4. The van der Waals surface area contributed by atoms with Crippen LogP contribution in [0.25, 0.3) is 0 Å². The highest BCUT2D eigenvalue weighted by Gasteiger charge is 2.22. The van der Waals surface area contributed by atoms with Crippen molar-refractivity contribution >= 4 is 29.9 Å². The topological polar surface area (TPSA) is 98.2 Å². The first-order chi connectivity index (χ1) is 7.71. The molecule has 0 atom stereocenters. The van der Waals surface area contributed by atoms with Crippen molar-refractivity contribution in [1.29, 1.82) is 0 Å². The maximum atomic E-state index is 11.6. The average molecular weight is 272 g/mol. The highest BCUT2D eigenvalue weighted by Crippen LogP contribution is 2.16. The van der Waals surface area contributed by atoms with E-state index in [-0.39, 0.29) is 18.3 Å². The number of hydrogen-bond acceptors (Lipinski definition) is 3. The second-order valence-electron chi connectivity index (χ2n) is 4.57. The Balaban J connectivity index is 0.00000289. The molecule has 0 saturated carbocycles. The van der Waals surface area contributed by atoms with E-state index in [4.69, 9.17) is 11.5 Å². The Morgan fingerprint density at radius 2 is 1.83 bits per heavy atom. The van der Waals surface area contributed by atoms with Gasteiger partial charge in [-0.1, -0.05) is 6.07 Å². The summed E-state index contributed by atoms with van der Waals surface area (Å²) >= 11 is 0. The average Bonchev–Trinajstić information content (AvgIpc) is 2.19. The van der Waals surface area contributed by atoms with E-state index in [2.05, 4.69) is 5.32 Å². The molecule has 5 N–H and O–H groups in total. The summed E-state index contributed by atoms with van der Waals surface area (Å²) < 4.78 is 0. The predicted octanol–water partition coefficient (Wildman–Crippen LogP) is 1.19. The summed E-state index contributed by atoms with van der Waals surface area (Å²) in [5, 5.41) is 2.63. The molecule has 0 heterocycles. The number of carbonyl (C=O) groups is 2. The molecule has 0 unspecified atom stereocenters. The van der Waals surface area contributed by atoms with Crippen LogP contribution in [-0.4, -0.2) is 17.4 Å². The standard InChI is InChI=1S/C12H17N3O2.ClH/c1-7-4-5-8(6-9(7)10(13)16)15-11(17)12(2,3)14;/h4-6H,14H2,1-3H3,(H2,13,16)(H,15,17);1H. The summed E-state index contributed by atoms with van der Waals surface area (Å²) in [6.45, 7) is 4.98. The van der Waals surface area contributed by atoms with Crippen molar-refractivity contribution in [3.8, 4) is 0 Å². The summed E-state index contributed by atoms with van der Waals surface area (Å²) in [6, 6.07) is 4.96. The number of benzene rings is 1. The number of carbonyl (C=O) groups excluding carboxylic acids is 2. The Bertz CT molecular complexity index is 467. The first-order valence-corrected chi connectivity index (χ1v) is 5.22. The quantitative estimate of drug-likeness (QED) is 0.770. The van der Waals surface area contributed by atoms with E-state index < -0.39 is 11.4 Å². The Morgan fingerprint density at radius 3 is 2.28 bits per heavy atom. The fourth-order valence-corrected chi connectivity index (χ4v) is 1.26. The summed E-state index contributed by atoms with van der Waals surface area (Å²) in [5.74, 6) is -0.845. The van der Waals surface area contributed by atoms with Gasteiger partial charge in [-0.05, 0) is 38.5 Å². The van der Waals surface area contributed by atoms with Gasteiger partial charge in [0.05, 0.1) is 5.54 Å². The molecule has 5 nitrogen and oxygen atoms in total. The molecule has 1 rings (SSSR count). The molecule has 0 fully saturated rings. The molecule has 100 valence electrons. The van der Waals surface area contributed by atoms with Crippen molar-refractivity contribution in [2.24, 2.45) is 11.5 Å². The predicted molar refractivity (Wildman–Crippen MR) is 73.8 cm³/mol. The van der Waals surface area contributed by atoms with Crippen molar-refractivity contribution in [3.63, 3.8) is 0 Å². The van der Waals surface area contributed by atoms with E-state index in [0.29, 0.717) is 11.3 Å². The summed E-state index contributed by atoms with van der Waals surface area (Å²) in [6.07, 6.45) is 0. The molecule has 0 radical (unpaired) electrons. The third-order valence-corrected chi connectivity index (χ3v) is 2.35. The van der Waals surface area contributed by atoms with E-state index >= 15 is 0 Å². The van der Waals surface area contributed by atoms with Gasteiger partial charge in [0.1, 0.15) is 0 Å². The molecule has 6 heteroatoms. The minimum atomic E-state index is -0.974. The van der Waals surface area contributed by atoms with Crippen LogP contribution in [0, 0.1) is 6.92 Å². The fourth-order valence-electron chi connectivity index (χ4n) is 1.26. The smallest absolute Gasteiger partial charge is 0.249 e. The van der Waals surface area contributed by atoms with E-state index in [0.717, 1.165) is 5.56 Å². The first-order valence-electron chi connectivity index (χ1n) is 5.22. The van der Waals surface area contributed by atoms with Gasteiger partial charge < -0.3 is 16.8 Å². The molecule has 0 bridgehead atoms. The van der Waals surface area contributed by atoms with Gasteiger partial charge in [-0.3, -0.25) is 9.59 Å². The van der Waals surface area contributed by atoms with Crippen molar-refractivity contribution in [3.05, 3.63) is 29.3 Å². The molecule has 0 aromatic heterocycles. The number of nitrogens with two attached hydrogens (primary N) is 2. The van der Waals surface area contributed by atoms with Gasteiger partial charge in [0.25, 0.3) is 0 Å². The molecule has 0 spiro atoms. The van der Waals surface area contributed by atoms with Crippen LogP contribution in [0.4, 0.5) is 5.69 Å². The van der Waals surface area contributed by atoms with Gasteiger partial charge in [-0.2, -0.15) is 0 Å². The molecular weight excluding hydrogens is 254 g/mol. The monoisotopic (exact) mass is 271 g/mol. The minimum absolute atomic E-state index is 0. The van der Waals surface area contributed by atoms with Crippen molar-refractivity contribution in [2.75, 3.05) is 5.32 Å². The zero-order valence-electron chi connectivity index (χ0n) is 10.6. The second-order valence-corrected chi connectivity index (χ2v) is 4.57. The van der Waals surface area contributed by atoms with Crippen LogP contribution in [-0.2, 0) is 4.79 Å². The maximum absolute atomic E-state index is 11.6. The number of primary amides is 1. The number of rotatable bonds is 3. The third kappa shape index (κ3) is 4.01. The Kier molecular flexibility index (Phi) is 5.32. The van der Waals surface area contributed by atoms with Gasteiger partial charge in [0.15, 0.2) is 0 Å². The van der Waals surface area contributed by atoms with Crippen LogP contribution in [0.1, 0.15) is 29.8 Å². The lowest BCUT2D eigenvalue weighted by Gasteiger charge is -2.18. The summed E-state index contributed by atoms with van der Waals surface area (Å²) in [5.41, 5.74) is 11.6. The number of anilines is 1. The van der Waals surface area contributed by atoms with Crippen LogP contribution in [0.3, 0.4) is 0 Å². The molecule has 18 heavy (non-hydrogen) atoms. The number of amides is 2. The van der Waals surface area contributed by atoms with Crippen molar-refractivity contribution in [2.45, 2.75) is 26.3 Å². The largest absolute Gasteiger partial charge is 0.366 e. The zero-order chi connectivity index (χ0) is 13.2. The van der Waals surface area contributed by atoms with Crippen molar-refractivity contribution < 1.29 is 9.59 Å². The summed E-state index contributed by atoms with van der Waals surface area (Å²) in [4.78, 5) is 22.8. The van der Waals surface area contributed by atoms with Crippen LogP contribution in [0.5, 0.6) is 0 Å². The highest BCUT2D eigenvalue weighted by molar-refractivity contribution is 6.00. The molecule has 0 aliphatic carbocycles. The fraction of sp³-hybridized carbons (Fsp3) is 0.333. The lowest BCUT2D eigenvalue weighted by atomic mass is 10.0. The molecule has 0 aliphatic rings. The number of hydrogen-bond donors (Lipinski definition) is 3. The Hall–Kier alpha value is -1.59. The van der Waals surface area contributed by atoms with Gasteiger partial charge in [-0.15, -0.1) is 12.4 Å². The number of halogens is 1. The maximum Gasteiger partial charge on any atom is 0.249 e. The van der Waals surface area contributed by atoms with Gasteiger partial charge in [0.2, 0.25) is 11.8 Å². The normalized spacial score (nSPS) is 10.4. The molecule has 1 aromatic carbocycles. The minimum Gasteiger partial charge on any atom is -0.366 e. The van der Waals surface area contributed by atoms with E-state index in [1.807, 2.05) is 0 Å². The van der Waals surface area contributed by atoms with Gasteiger partial charge in [0, 0.05) is 11.3 Å². The molecule has 2 amide bonds. The molecule has 0 saturated heterocycles. The lowest BCUT2D eigenvalue weighted by molar-refractivity contribution is -0.120. The zero-order valence-corrected chi connectivity index (χ0v) is 11.4. The molecule has 0 aliphatic heterocycles. The SMILES string of the molecule is Cc1ccc(NC(=O)C(C)(C)N)cc1C(N)=O.Cl. The van der Waals surface area contributed by atoms with Gasteiger partial charge in [-0.25, -0.2) is 0 Å². The van der Waals surface area contributed by atoms with Gasteiger partial charge >= 0.3 is 0 Å². The van der Waals surface area contributed by atoms with Crippen LogP contribution < -0.4 is 16.8 Å². The lowest BCUT2D eigenvalue weighted by Crippen LogP contribution is -2.45. The number of aryl methyl sites for hydroxylation is 1. The van der Waals surface area contributed by atoms with Crippen molar-refractivity contribution in [1.82, 2.24) is 0 Å². The van der Waals surface area contributed by atoms with E-state index in [9.17, 15) is 9.59 Å². The highest BCUT2D eigenvalue weighted by atomic mass is 35.5. The van der Waals surface area contributed by atoms with E-state index in [1.165, 1.54) is 0 Å². The number of nitrogens with one attached hydrogen (secondary N) is 1. The molecule has 1 aromatic rings. The van der Waals surface area contributed by atoms with Crippen LogP contribution >= 0.6 is 12.4 Å². The Morgan fingerprint density at radius 1 is 1.28 bits per heavy atom.